The molecular formula is C20H29N5O4. The van der Waals surface area contributed by atoms with E-state index in [1.165, 1.54) is 5.01 Å². The predicted molar refractivity (Wildman–Crippen MR) is 105 cm³/mol. The summed E-state index contributed by atoms with van der Waals surface area (Å²) in [7, 11) is 0. The molecule has 2 atom stereocenters. The molecule has 1 aliphatic heterocycles. The first-order chi connectivity index (χ1) is 14.1. The molecule has 0 radical (unpaired) electrons. The standard InChI is InChI=1S/C20H29N5O4/c26-14-24(29)13-16(12-15-6-1-2-7-15)20(28)25-17(8-5-11-22-25)19(27)23-18-9-3-4-10-21-18/h3-4,9-10,14-17,22,29H,1-2,5-8,11-13H2,(H,21,23,27)/t16-,17+/m1/s1. The third-order valence-corrected chi connectivity index (χ3v) is 5.68. The number of hydrogen-bond acceptors (Lipinski definition) is 6. The molecule has 1 aromatic heterocycles. The molecule has 29 heavy (non-hydrogen) atoms. The minimum Gasteiger partial charge on any atom is -0.309 e. The molecule has 3 amide bonds. The van der Waals surface area contributed by atoms with E-state index in [9.17, 15) is 19.6 Å². The van der Waals surface area contributed by atoms with Crippen molar-refractivity contribution in [3.8, 4) is 0 Å². The lowest BCUT2D eigenvalue weighted by Gasteiger charge is -2.37. The van der Waals surface area contributed by atoms with Crippen molar-refractivity contribution in [2.24, 2.45) is 11.8 Å². The molecule has 0 bridgehead atoms. The van der Waals surface area contributed by atoms with Crippen LogP contribution in [0.5, 0.6) is 0 Å². The van der Waals surface area contributed by atoms with Gasteiger partial charge in [0.15, 0.2) is 0 Å². The van der Waals surface area contributed by atoms with Gasteiger partial charge in [0.05, 0.1) is 12.5 Å². The van der Waals surface area contributed by atoms with E-state index in [2.05, 4.69) is 15.7 Å². The zero-order valence-corrected chi connectivity index (χ0v) is 16.5. The quantitative estimate of drug-likeness (QED) is 0.345. The molecule has 0 spiro atoms. The van der Waals surface area contributed by atoms with Crippen molar-refractivity contribution in [3.05, 3.63) is 24.4 Å². The maximum atomic E-state index is 13.3. The van der Waals surface area contributed by atoms with E-state index in [0.29, 0.717) is 42.6 Å². The highest BCUT2D eigenvalue weighted by atomic mass is 16.5. The number of rotatable bonds is 8. The third-order valence-electron chi connectivity index (χ3n) is 5.68. The van der Waals surface area contributed by atoms with Crippen molar-refractivity contribution in [3.63, 3.8) is 0 Å². The van der Waals surface area contributed by atoms with Gasteiger partial charge < -0.3 is 5.32 Å². The first-order valence-corrected chi connectivity index (χ1v) is 10.3. The highest BCUT2D eigenvalue weighted by Gasteiger charge is 2.37. The second-order valence-corrected chi connectivity index (χ2v) is 7.79. The van der Waals surface area contributed by atoms with E-state index in [1.807, 2.05) is 0 Å². The summed E-state index contributed by atoms with van der Waals surface area (Å²) in [5, 5.41) is 14.4. The largest absolute Gasteiger partial charge is 0.309 e. The molecule has 2 aliphatic rings. The SMILES string of the molecule is O=CN(O)C[C@@H](CC1CCCC1)C(=O)N1NCCC[C@H]1C(=O)Nc1ccccn1. The molecule has 0 aromatic carbocycles. The summed E-state index contributed by atoms with van der Waals surface area (Å²) in [4.78, 5) is 41.2. The number of hydrogen-bond donors (Lipinski definition) is 3. The van der Waals surface area contributed by atoms with Crippen LogP contribution in [-0.2, 0) is 14.4 Å². The summed E-state index contributed by atoms with van der Waals surface area (Å²) in [5.41, 5.74) is 3.05. The van der Waals surface area contributed by atoms with E-state index >= 15 is 0 Å². The molecule has 1 saturated heterocycles. The summed E-state index contributed by atoms with van der Waals surface area (Å²) >= 11 is 0. The number of carbonyl (C=O) groups excluding carboxylic acids is 3. The number of hydrazine groups is 1. The van der Waals surface area contributed by atoms with Gasteiger partial charge in [0, 0.05) is 12.7 Å². The highest BCUT2D eigenvalue weighted by Crippen LogP contribution is 2.31. The van der Waals surface area contributed by atoms with Gasteiger partial charge in [-0.15, -0.1) is 0 Å². The number of nitrogens with zero attached hydrogens (tertiary/aromatic N) is 3. The molecular weight excluding hydrogens is 374 g/mol. The maximum Gasteiger partial charge on any atom is 0.249 e. The van der Waals surface area contributed by atoms with Crippen LogP contribution in [0.15, 0.2) is 24.4 Å². The van der Waals surface area contributed by atoms with Gasteiger partial charge in [-0.3, -0.25) is 24.6 Å². The van der Waals surface area contributed by atoms with Gasteiger partial charge in [-0.1, -0.05) is 31.7 Å². The lowest BCUT2D eigenvalue weighted by Crippen LogP contribution is -2.59. The maximum absolute atomic E-state index is 13.3. The fourth-order valence-corrected chi connectivity index (χ4v) is 4.23. The van der Waals surface area contributed by atoms with Crippen LogP contribution >= 0.6 is 0 Å². The normalized spacial score (nSPS) is 20.9. The van der Waals surface area contributed by atoms with Crippen LogP contribution in [0.1, 0.15) is 44.9 Å². The van der Waals surface area contributed by atoms with Crippen LogP contribution in [0, 0.1) is 11.8 Å². The topological polar surface area (TPSA) is 115 Å². The van der Waals surface area contributed by atoms with Gasteiger partial charge in [0.2, 0.25) is 18.2 Å². The van der Waals surface area contributed by atoms with Gasteiger partial charge in [-0.2, -0.15) is 0 Å². The Kier molecular flexibility index (Phi) is 7.54. The smallest absolute Gasteiger partial charge is 0.249 e. The lowest BCUT2D eigenvalue weighted by molar-refractivity contribution is -0.161. The van der Waals surface area contributed by atoms with E-state index in [1.54, 1.807) is 24.4 Å². The van der Waals surface area contributed by atoms with Crippen molar-refractivity contribution >= 4 is 24.0 Å². The van der Waals surface area contributed by atoms with Gasteiger partial charge in [0.25, 0.3) is 0 Å². The van der Waals surface area contributed by atoms with Crippen molar-refractivity contribution in [1.82, 2.24) is 20.5 Å². The second kappa shape index (κ2) is 10.3. The number of aromatic nitrogens is 1. The zero-order chi connectivity index (χ0) is 20.6. The predicted octanol–water partition coefficient (Wildman–Crippen LogP) is 1.56. The Morgan fingerprint density at radius 3 is 2.79 bits per heavy atom. The Hall–Kier alpha value is -2.52. The Balaban J connectivity index is 1.72. The fraction of sp³-hybridized carbons (Fsp3) is 0.600. The Morgan fingerprint density at radius 2 is 2.10 bits per heavy atom. The first kappa shape index (κ1) is 21.2. The monoisotopic (exact) mass is 403 g/mol. The summed E-state index contributed by atoms with van der Waals surface area (Å²) in [6.45, 7) is 0.511. The molecule has 158 valence electrons. The minimum atomic E-state index is -0.673. The fourth-order valence-electron chi connectivity index (χ4n) is 4.23. The number of pyridine rings is 1. The summed E-state index contributed by atoms with van der Waals surface area (Å²) in [5.74, 6) is -0.308. The van der Waals surface area contributed by atoms with Gasteiger partial charge >= 0.3 is 0 Å². The van der Waals surface area contributed by atoms with E-state index in [0.717, 1.165) is 32.1 Å². The second-order valence-electron chi connectivity index (χ2n) is 7.79. The summed E-state index contributed by atoms with van der Waals surface area (Å²) < 4.78 is 0. The van der Waals surface area contributed by atoms with Crippen molar-refractivity contribution in [2.75, 3.05) is 18.4 Å². The van der Waals surface area contributed by atoms with Crippen LogP contribution in [-0.4, -0.2) is 57.6 Å². The molecule has 2 fully saturated rings. The molecule has 1 aliphatic carbocycles. The molecule has 1 saturated carbocycles. The number of hydroxylamine groups is 2. The molecule has 2 heterocycles. The van der Waals surface area contributed by atoms with E-state index in [4.69, 9.17) is 0 Å². The van der Waals surface area contributed by atoms with Crippen LogP contribution in [0.25, 0.3) is 0 Å². The molecule has 9 heteroatoms. The number of anilines is 1. The van der Waals surface area contributed by atoms with Crippen LogP contribution < -0.4 is 10.7 Å². The van der Waals surface area contributed by atoms with Crippen molar-refractivity contribution < 1.29 is 19.6 Å². The number of carbonyl (C=O) groups is 3. The Morgan fingerprint density at radius 1 is 1.31 bits per heavy atom. The molecule has 1 aromatic rings. The highest BCUT2D eigenvalue weighted by molar-refractivity contribution is 5.96. The first-order valence-electron chi connectivity index (χ1n) is 10.3. The van der Waals surface area contributed by atoms with Crippen LogP contribution in [0.4, 0.5) is 5.82 Å². The van der Waals surface area contributed by atoms with Crippen molar-refractivity contribution in [1.29, 1.82) is 0 Å². The third kappa shape index (κ3) is 5.74. The molecule has 0 unspecified atom stereocenters. The lowest BCUT2D eigenvalue weighted by atomic mass is 9.91. The summed E-state index contributed by atoms with van der Waals surface area (Å²) in [6, 6.07) is 4.55. The summed E-state index contributed by atoms with van der Waals surface area (Å²) in [6.07, 6.45) is 8.16. The molecule has 3 N–H and O–H groups in total. The van der Waals surface area contributed by atoms with Gasteiger partial charge in [-0.25, -0.2) is 15.5 Å². The van der Waals surface area contributed by atoms with Gasteiger partial charge in [-0.05, 0) is 37.3 Å². The minimum absolute atomic E-state index is 0.0778. The van der Waals surface area contributed by atoms with E-state index in [-0.39, 0.29) is 18.4 Å². The number of nitrogens with one attached hydrogen (secondary N) is 2. The average Bonchev–Trinajstić information content (AvgIpc) is 3.26. The molecule has 9 nitrogen and oxygen atoms in total. The van der Waals surface area contributed by atoms with Crippen LogP contribution in [0.3, 0.4) is 0 Å². The van der Waals surface area contributed by atoms with Crippen LogP contribution in [0.2, 0.25) is 0 Å². The Bertz CT molecular complexity index is 695. The van der Waals surface area contributed by atoms with E-state index < -0.39 is 12.0 Å². The Labute approximate surface area is 170 Å². The zero-order valence-electron chi connectivity index (χ0n) is 16.5. The van der Waals surface area contributed by atoms with Gasteiger partial charge in [0.1, 0.15) is 11.9 Å². The van der Waals surface area contributed by atoms with Crippen molar-refractivity contribution in [2.45, 2.75) is 51.0 Å². The average molecular weight is 403 g/mol. The number of amides is 3. The molecule has 3 rings (SSSR count).